The van der Waals surface area contributed by atoms with Crippen LogP contribution in [0.15, 0.2) is 30.3 Å². The Labute approximate surface area is 170 Å². The topological polar surface area (TPSA) is 87.7 Å². The summed E-state index contributed by atoms with van der Waals surface area (Å²) in [6.07, 6.45) is 1.32. The number of amides is 3. The van der Waals surface area contributed by atoms with Crippen molar-refractivity contribution >= 4 is 34.8 Å². The number of anilines is 3. The molecule has 0 bridgehead atoms. The molecule has 7 heteroatoms. The van der Waals surface area contributed by atoms with Crippen LogP contribution in [0.5, 0.6) is 5.75 Å². The molecule has 1 saturated heterocycles. The summed E-state index contributed by atoms with van der Waals surface area (Å²) < 4.78 is 5.38. The summed E-state index contributed by atoms with van der Waals surface area (Å²) in [5.41, 5.74) is 4.58. The summed E-state index contributed by atoms with van der Waals surface area (Å²) in [5.74, 6) is -1.03. The SMILES string of the molecule is COc1cc(NC(=O)C(=O)Nc2c(C)cc(C)cc2C)ccc1N1CCCC1=O. The molecule has 0 saturated carbocycles. The first-order chi connectivity index (χ1) is 13.8. The lowest BCUT2D eigenvalue weighted by atomic mass is 10.1. The van der Waals surface area contributed by atoms with E-state index in [-0.39, 0.29) is 5.91 Å². The van der Waals surface area contributed by atoms with Crippen LogP contribution in [-0.4, -0.2) is 31.4 Å². The van der Waals surface area contributed by atoms with Crippen molar-refractivity contribution in [2.24, 2.45) is 0 Å². The molecule has 1 heterocycles. The molecule has 0 spiro atoms. The van der Waals surface area contributed by atoms with Gasteiger partial charge in [0.15, 0.2) is 0 Å². The van der Waals surface area contributed by atoms with E-state index in [2.05, 4.69) is 10.6 Å². The van der Waals surface area contributed by atoms with Crippen molar-refractivity contribution in [3.05, 3.63) is 47.0 Å². The van der Waals surface area contributed by atoms with E-state index < -0.39 is 11.8 Å². The van der Waals surface area contributed by atoms with Gasteiger partial charge in [0.2, 0.25) is 5.91 Å². The molecule has 7 nitrogen and oxygen atoms in total. The molecule has 0 aliphatic carbocycles. The fourth-order valence-electron chi connectivity index (χ4n) is 3.62. The molecule has 1 aliphatic heterocycles. The van der Waals surface area contributed by atoms with Crippen molar-refractivity contribution in [1.82, 2.24) is 0 Å². The van der Waals surface area contributed by atoms with E-state index in [1.165, 1.54) is 7.11 Å². The smallest absolute Gasteiger partial charge is 0.314 e. The van der Waals surface area contributed by atoms with Crippen molar-refractivity contribution in [2.45, 2.75) is 33.6 Å². The molecule has 152 valence electrons. The van der Waals surface area contributed by atoms with Crippen LogP contribution in [0.4, 0.5) is 17.1 Å². The minimum absolute atomic E-state index is 0.0447. The predicted octanol–water partition coefficient (Wildman–Crippen LogP) is 3.32. The van der Waals surface area contributed by atoms with Gasteiger partial charge in [-0.25, -0.2) is 0 Å². The van der Waals surface area contributed by atoms with Gasteiger partial charge in [-0.2, -0.15) is 0 Å². The van der Waals surface area contributed by atoms with E-state index in [9.17, 15) is 14.4 Å². The minimum atomic E-state index is -0.781. The van der Waals surface area contributed by atoms with E-state index in [4.69, 9.17) is 4.74 Å². The van der Waals surface area contributed by atoms with Gasteiger partial charge in [-0.15, -0.1) is 0 Å². The van der Waals surface area contributed by atoms with E-state index in [0.717, 1.165) is 23.1 Å². The Morgan fingerprint density at radius 2 is 1.66 bits per heavy atom. The van der Waals surface area contributed by atoms with Gasteiger partial charge in [0, 0.05) is 30.4 Å². The molecule has 1 aliphatic rings. The molecular weight excluding hydrogens is 370 g/mol. The number of ether oxygens (including phenoxy) is 1. The van der Waals surface area contributed by atoms with Gasteiger partial charge >= 0.3 is 11.8 Å². The molecule has 2 N–H and O–H groups in total. The molecule has 2 aromatic carbocycles. The van der Waals surface area contributed by atoms with Crippen LogP contribution in [0.1, 0.15) is 29.5 Å². The lowest BCUT2D eigenvalue weighted by Gasteiger charge is -2.19. The molecule has 3 rings (SSSR count). The maximum atomic E-state index is 12.4. The van der Waals surface area contributed by atoms with Crippen molar-refractivity contribution in [3.63, 3.8) is 0 Å². The second-order valence-corrected chi connectivity index (χ2v) is 7.22. The van der Waals surface area contributed by atoms with Crippen LogP contribution in [0.3, 0.4) is 0 Å². The first-order valence-corrected chi connectivity index (χ1v) is 9.48. The second kappa shape index (κ2) is 8.34. The van der Waals surface area contributed by atoms with Gasteiger partial charge in [-0.1, -0.05) is 17.7 Å². The third-order valence-corrected chi connectivity index (χ3v) is 4.92. The summed E-state index contributed by atoms with van der Waals surface area (Å²) in [7, 11) is 1.50. The molecule has 29 heavy (non-hydrogen) atoms. The Hall–Kier alpha value is -3.35. The van der Waals surface area contributed by atoms with Crippen molar-refractivity contribution in [1.29, 1.82) is 0 Å². The number of benzene rings is 2. The van der Waals surface area contributed by atoms with Crippen LogP contribution >= 0.6 is 0 Å². The Kier molecular flexibility index (Phi) is 5.87. The molecule has 1 fully saturated rings. The molecule has 3 amide bonds. The van der Waals surface area contributed by atoms with Gasteiger partial charge in [0.1, 0.15) is 5.75 Å². The van der Waals surface area contributed by atoms with E-state index >= 15 is 0 Å². The molecule has 0 atom stereocenters. The standard InChI is InChI=1S/C22H25N3O4/c1-13-10-14(2)20(15(3)11-13)24-22(28)21(27)23-16-7-8-17(18(12-16)29-4)25-9-5-6-19(25)26/h7-8,10-12H,5-6,9H2,1-4H3,(H,23,27)(H,24,28). The zero-order valence-electron chi connectivity index (χ0n) is 17.1. The molecule has 0 aromatic heterocycles. The first kappa shape index (κ1) is 20.4. The normalized spacial score (nSPS) is 13.4. The predicted molar refractivity (Wildman–Crippen MR) is 112 cm³/mol. The third-order valence-electron chi connectivity index (χ3n) is 4.92. The molecule has 0 unspecified atom stereocenters. The summed E-state index contributed by atoms with van der Waals surface area (Å²) >= 11 is 0. The van der Waals surface area contributed by atoms with Crippen LogP contribution in [0.25, 0.3) is 0 Å². The van der Waals surface area contributed by atoms with Crippen LogP contribution in [0, 0.1) is 20.8 Å². The van der Waals surface area contributed by atoms with Gasteiger partial charge < -0.3 is 20.3 Å². The number of rotatable bonds is 4. The van der Waals surface area contributed by atoms with Crippen molar-refractivity contribution < 1.29 is 19.1 Å². The highest BCUT2D eigenvalue weighted by Crippen LogP contribution is 2.33. The summed E-state index contributed by atoms with van der Waals surface area (Å²) in [6, 6.07) is 8.86. The summed E-state index contributed by atoms with van der Waals surface area (Å²) in [4.78, 5) is 38.4. The average Bonchev–Trinajstić information content (AvgIpc) is 3.10. The molecular formula is C22H25N3O4. The lowest BCUT2D eigenvalue weighted by Crippen LogP contribution is -2.29. The van der Waals surface area contributed by atoms with E-state index in [1.54, 1.807) is 23.1 Å². The van der Waals surface area contributed by atoms with E-state index in [0.29, 0.717) is 35.8 Å². The number of nitrogens with zero attached hydrogens (tertiary/aromatic N) is 1. The second-order valence-electron chi connectivity index (χ2n) is 7.22. The van der Waals surface area contributed by atoms with Crippen LogP contribution in [0.2, 0.25) is 0 Å². The highest BCUT2D eigenvalue weighted by Gasteiger charge is 2.25. The van der Waals surface area contributed by atoms with E-state index in [1.807, 2.05) is 32.9 Å². The highest BCUT2D eigenvalue weighted by atomic mass is 16.5. The number of hydrogen-bond acceptors (Lipinski definition) is 4. The quantitative estimate of drug-likeness (QED) is 0.778. The lowest BCUT2D eigenvalue weighted by molar-refractivity contribution is -0.133. The maximum absolute atomic E-state index is 12.4. The maximum Gasteiger partial charge on any atom is 0.314 e. The average molecular weight is 395 g/mol. The van der Waals surface area contributed by atoms with Gasteiger partial charge in [0.05, 0.1) is 12.8 Å². The fraction of sp³-hybridized carbons (Fsp3) is 0.318. The molecule has 2 aromatic rings. The monoisotopic (exact) mass is 395 g/mol. The minimum Gasteiger partial charge on any atom is -0.494 e. The van der Waals surface area contributed by atoms with Crippen LogP contribution in [-0.2, 0) is 14.4 Å². The third kappa shape index (κ3) is 4.39. The number of carbonyl (C=O) groups excluding carboxylic acids is 3. The van der Waals surface area contributed by atoms with Gasteiger partial charge in [0.25, 0.3) is 0 Å². The Balaban J connectivity index is 1.73. The summed E-state index contributed by atoms with van der Waals surface area (Å²) in [5, 5.41) is 5.26. The first-order valence-electron chi connectivity index (χ1n) is 9.48. The molecule has 0 radical (unpaired) electrons. The zero-order chi connectivity index (χ0) is 21.1. The van der Waals surface area contributed by atoms with Gasteiger partial charge in [-0.05, 0) is 50.5 Å². The number of carbonyl (C=O) groups is 3. The number of aryl methyl sites for hydroxylation is 3. The number of hydrogen-bond donors (Lipinski definition) is 2. The van der Waals surface area contributed by atoms with Gasteiger partial charge in [-0.3, -0.25) is 14.4 Å². The fourth-order valence-corrected chi connectivity index (χ4v) is 3.62. The Bertz CT molecular complexity index is 961. The van der Waals surface area contributed by atoms with Crippen LogP contribution < -0.4 is 20.3 Å². The largest absolute Gasteiger partial charge is 0.494 e. The number of methoxy groups -OCH3 is 1. The summed E-state index contributed by atoms with van der Waals surface area (Å²) in [6.45, 7) is 6.39. The zero-order valence-corrected chi connectivity index (χ0v) is 17.1. The van der Waals surface area contributed by atoms with Crippen molar-refractivity contribution in [3.8, 4) is 5.75 Å². The number of nitrogens with one attached hydrogen (secondary N) is 2. The Morgan fingerprint density at radius 3 is 2.24 bits per heavy atom. The van der Waals surface area contributed by atoms with Crippen molar-refractivity contribution in [2.75, 3.05) is 29.2 Å². The highest BCUT2D eigenvalue weighted by molar-refractivity contribution is 6.43. The Morgan fingerprint density at radius 1 is 1.00 bits per heavy atom.